The number of hydrogen-bond donors (Lipinski definition) is 1. The summed E-state index contributed by atoms with van der Waals surface area (Å²) in [5.74, 6) is 0.550. The molecule has 1 aliphatic heterocycles. The molecular weight excluding hydrogens is 162 g/mol. The lowest BCUT2D eigenvalue weighted by molar-refractivity contribution is 0.0936. The minimum atomic E-state index is -0.0219. The highest BCUT2D eigenvalue weighted by atomic mass is 16.5. The van der Waals surface area contributed by atoms with Crippen LogP contribution in [0, 0.1) is 5.92 Å². The molecule has 0 aliphatic carbocycles. The van der Waals surface area contributed by atoms with Crippen LogP contribution < -0.4 is 5.73 Å². The van der Waals surface area contributed by atoms with Crippen molar-refractivity contribution in [3.8, 4) is 0 Å². The number of hydrogen-bond acceptors (Lipinski definition) is 2. The number of ether oxygens (including phenoxy) is 1. The van der Waals surface area contributed by atoms with E-state index in [-0.39, 0.29) is 5.54 Å². The molecule has 1 rings (SSSR count). The third-order valence-electron chi connectivity index (χ3n) is 3.35. The van der Waals surface area contributed by atoms with Crippen LogP contribution in [0.25, 0.3) is 0 Å². The Balaban J connectivity index is 2.24. The Morgan fingerprint density at radius 3 is 2.69 bits per heavy atom. The van der Waals surface area contributed by atoms with Gasteiger partial charge in [-0.2, -0.15) is 0 Å². The van der Waals surface area contributed by atoms with E-state index in [1.807, 2.05) is 0 Å². The van der Waals surface area contributed by atoms with Gasteiger partial charge in [0.15, 0.2) is 0 Å². The van der Waals surface area contributed by atoms with Crippen LogP contribution in [-0.4, -0.2) is 18.2 Å². The Hall–Kier alpha value is -0.0800. The molecule has 0 radical (unpaired) electrons. The largest absolute Gasteiger partial charge is 0.378 e. The average molecular weight is 185 g/mol. The minimum Gasteiger partial charge on any atom is -0.378 e. The van der Waals surface area contributed by atoms with E-state index in [1.54, 1.807) is 0 Å². The highest BCUT2D eigenvalue weighted by molar-refractivity contribution is 4.83. The number of rotatable bonds is 4. The summed E-state index contributed by atoms with van der Waals surface area (Å²) in [6.07, 6.45) is 5.16. The molecule has 78 valence electrons. The molecule has 0 aromatic carbocycles. The van der Waals surface area contributed by atoms with E-state index in [1.165, 1.54) is 12.8 Å². The summed E-state index contributed by atoms with van der Waals surface area (Å²) in [4.78, 5) is 0. The van der Waals surface area contributed by atoms with E-state index in [0.717, 1.165) is 19.4 Å². The Morgan fingerprint density at radius 2 is 2.23 bits per heavy atom. The van der Waals surface area contributed by atoms with E-state index in [4.69, 9.17) is 10.5 Å². The van der Waals surface area contributed by atoms with Gasteiger partial charge in [0.2, 0.25) is 0 Å². The van der Waals surface area contributed by atoms with E-state index < -0.39 is 0 Å². The van der Waals surface area contributed by atoms with E-state index in [0.29, 0.717) is 12.0 Å². The first-order valence-electron chi connectivity index (χ1n) is 5.43. The second-order valence-electron chi connectivity index (χ2n) is 4.83. The van der Waals surface area contributed by atoms with Crippen LogP contribution in [0.5, 0.6) is 0 Å². The van der Waals surface area contributed by atoms with Crippen LogP contribution >= 0.6 is 0 Å². The number of nitrogens with two attached hydrogens (primary N) is 1. The van der Waals surface area contributed by atoms with Crippen molar-refractivity contribution in [2.75, 3.05) is 6.61 Å². The van der Waals surface area contributed by atoms with Gasteiger partial charge in [0, 0.05) is 12.1 Å². The molecule has 0 saturated carbocycles. The first-order valence-corrected chi connectivity index (χ1v) is 5.43. The summed E-state index contributed by atoms with van der Waals surface area (Å²) in [5, 5.41) is 0. The second kappa shape index (κ2) is 4.43. The lowest BCUT2D eigenvalue weighted by atomic mass is 9.84. The summed E-state index contributed by atoms with van der Waals surface area (Å²) in [7, 11) is 0. The van der Waals surface area contributed by atoms with Crippen LogP contribution in [0.15, 0.2) is 0 Å². The zero-order valence-electron chi connectivity index (χ0n) is 9.18. The normalized spacial score (nSPS) is 27.9. The molecule has 1 heterocycles. The topological polar surface area (TPSA) is 35.2 Å². The van der Waals surface area contributed by atoms with Gasteiger partial charge in [-0.1, -0.05) is 13.8 Å². The molecule has 0 spiro atoms. The van der Waals surface area contributed by atoms with Crippen LogP contribution in [0.4, 0.5) is 0 Å². The molecular formula is C11H23NO. The second-order valence-corrected chi connectivity index (χ2v) is 4.83. The van der Waals surface area contributed by atoms with Gasteiger partial charge in [0.1, 0.15) is 0 Å². The van der Waals surface area contributed by atoms with Gasteiger partial charge in [0.05, 0.1) is 6.10 Å². The summed E-state index contributed by atoms with van der Waals surface area (Å²) in [6, 6.07) is 0. The highest BCUT2D eigenvalue weighted by Crippen LogP contribution is 2.24. The molecule has 2 unspecified atom stereocenters. The summed E-state index contributed by atoms with van der Waals surface area (Å²) >= 11 is 0. The van der Waals surface area contributed by atoms with Crippen LogP contribution in [0.1, 0.15) is 46.5 Å². The summed E-state index contributed by atoms with van der Waals surface area (Å²) in [6.45, 7) is 7.48. The maximum atomic E-state index is 6.18. The molecule has 1 aliphatic rings. The smallest absolute Gasteiger partial charge is 0.0576 e. The van der Waals surface area contributed by atoms with Gasteiger partial charge >= 0.3 is 0 Å². The maximum Gasteiger partial charge on any atom is 0.0576 e. The van der Waals surface area contributed by atoms with Crippen molar-refractivity contribution < 1.29 is 4.74 Å². The predicted molar refractivity (Wildman–Crippen MR) is 55.6 cm³/mol. The zero-order valence-corrected chi connectivity index (χ0v) is 9.18. The quantitative estimate of drug-likeness (QED) is 0.729. The maximum absolute atomic E-state index is 6.18. The molecule has 0 aromatic heterocycles. The van der Waals surface area contributed by atoms with Crippen molar-refractivity contribution in [1.29, 1.82) is 0 Å². The lowest BCUT2D eigenvalue weighted by Gasteiger charge is -2.30. The van der Waals surface area contributed by atoms with Crippen molar-refractivity contribution >= 4 is 0 Å². The predicted octanol–water partition coefficient (Wildman–Crippen LogP) is 2.32. The van der Waals surface area contributed by atoms with Gasteiger partial charge in [0.25, 0.3) is 0 Å². The Bertz CT molecular complexity index is 148. The first-order chi connectivity index (χ1) is 6.02. The molecule has 2 atom stereocenters. The lowest BCUT2D eigenvalue weighted by Crippen LogP contribution is -2.42. The molecule has 13 heavy (non-hydrogen) atoms. The fourth-order valence-corrected chi connectivity index (χ4v) is 1.63. The van der Waals surface area contributed by atoms with Crippen molar-refractivity contribution in [2.45, 2.75) is 58.1 Å². The van der Waals surface area contributed by atoms with Crippen molar-refractivity contribution in [3.63, 3.8) is 0 Å². The third-order valence-corrected chi connectivity index (χ3v) is 3.35. The Morgan fingerprint density at radius 1 is 1.54 bits per heavy atom. The molecule has 2 N–H and O–H groups in total. The van der Waals surface area contributed by atoms with Gasteiger partial charge in [-0.25, -0.2) is 0 Å². The summed E-state index contributed by atoms with van der Waals surface area (Å²) < 4.78 is 5.57. The molecule has 0 bridgehead atoms. The van der Waals surface area contributed by atoms with Crippen molar-refractivity contribution in [2.24, 2.45) is 11.7 Å². The monoisotopic (exact) mass is 185 g/mol. The summed E-state index contributed by atoms with van der Waals surface area (Å²) in [5.41, 5.74) is 6.16. The minimum absolute atomic E-state index is 0.0219. The van der Waals surface area contributed by atoms with Gasteiger partial charge in [-0.3, -0.25) is 0 Å². The first kappa shape index (κ1) is 11.0. The van der Waals surface area contributed by atoms with E-state index in [9.17, 15) is 0 Å². The van der Waals surface area contributed by atoms with Crippen molar-refractivity contribution in [3.05, 3.63) is 0 Å². The molecule has 1 fully saturated rings. The van der Waals surface area contributed by atoms with E-state index in [2.05, 4.69) is 20.8 Å². The molecule has 0 amide bonds. The third kappa shape index (κ3) is 3.28. The molecule has 0 aromatic rings. The van der Waals surface area contributed by atoms with Gasteiger partial charge in [-0.05, 0) is 38.5 Å². The van der Waals surface area contributed by atoms with Gasteiger partial charge < -0.3 is 10.5 Å². The Kier molecular flexibility index (Phi) is 3.74. The highest BCUT2D eigenvalue weighted by Gasteiger charge is 2.25. The zero-order chi connectivity index (χ0) is 9.90. The van der Waals surface area contributed by atoms with Crippen LogP contribution in [0.2, 0.25) is 0 Å². The average Bonchev–Trinajstić information content (AvgIpc) is 2.52. The molecule has 2 nitrogen and oxygen atoms in total. The molecule has 1 saturated heterocycles. The molecule has 2 heteroatoms. The van der Waals surface area contributed by atoms with E-state index >= 15 is 0 Å². The fourth-order valence-electron chi connectivity index (χ4n) is 1.63. The van der Waals surface area contributed by atoms with Crippen LogP contribution in [-0.2, 0) is 4.74 Å². The Labute approximate surface area is 81.8 Å². The SMILES string of the molecule is CC(C)C(C)(N)CCC1CCCO1. The van der Waals surface area contributed by atoms with Crippen molar-refractivity contribution in [1.82, 2.24) is 0 Å². The fraction of sp³-hybridized carbons (Fsp3) is 1.00. The van der Waals surface area contributed by atoms with Gasteiger partial charge in [-0.15, -0.1) is 0 Å². The standard InChI is InChI=1S/C11H23NO/c1-9(2)11(3,12)7-6-10-5-4-8-13-10/h9-10H,4-8,12H2,1-3H3. The van der Waals surface area contributed by atoms with Crippen LogP contribution in [0.3, 0.4) is 0 Å².